The Morgan fingerprint density at radius 2 is 1.73 bits per heavy atom. The summed E-state index contributed by atoms with van der Waals surface area (Å²) in [7, 11) is 0. The minimum atomic E-state index is 0.239. The van der Waals surface area contributed by atoms with Gasteiger partial charge in [0.25, 0.3) is 0 Å². The molecule has 0 amide bonds. The summed E-state index contributed by atoms with van der Waals surface area (Å²) in [6, 6.07) is 8.07. The van der Waals surface area contributed by atoms with Crippen molar-refractivity contribution in [2.75, 3.05) is 39.3 Å². The summed E-state index contributed by atoms with van der Waals surface area (Å²) < 4.78 is 0. The van der Waals surface area contributed by atoms with Gasteiger partial charge in [-0.1, -0.05) is 37.5 Å². The molecule has 0 unspecified atom stereocenters. The summed E-state index contributed by atoms with van der Waals surface area (Å²) in [6.07, 6.45) is 10.2. The molecule has 1 aliphatic heterocycles. The van der Waals surface area contributed by atoms with E-state index in [0.717, 1.165) is 42.0 Å². The molecule has 2 aromatic rings. The average molecular weight is 354 g/mol. The van der Waals surface area contributed by atoms with Crippen molar-refractivity contribution in [1.82, 2.24) is 14.8 Å². The van der Waals surface area contributed by atoms with Crippen LogP contribution in [-0.2, 0) is 0 Å². The first-order chi connectivity index (χ1) is 12.8. The number of Topliss-reactive ketones (excluding diaryl/α,β-unsaturated/α-hetero) is 1. The zero-order valence-corrected chi connectivity index (χ0v) is 15.8. The molecule has 1 aromatic carbocycles. The molecule has 0 atom stereocenters. The Balaban J connectivity index is 1.32. The summed E-state index contributed by atoms with van der Waals surface area (Å²) in [6.45, 7) is 6.16. The van der Waals surface area contributed by atoms with Gasteiger partial charge in [0.15, 0.2) is 5.78 Å². The fourth-order valence-corrected chi connectivity index (χ4v) is 4.69. The van der Waals surface area contributed by atoms with Gasteiger partial charge in [-0.05, 0) is 44.3 Å². The Bertz CT molecular complexity index is 732. The highest BCUT2D eigenvalue weighted by Crippen LogP contribution is 2.25. The molecule has 4 nitrogen and oxygen atoms in total. The number of carbonyl (C=O) groups is 1. The van der Waals surface area contributed by atoms with Crippen molar-refractivity contribution in [2.24, 2.45) is 5.92 Å². The van der Waals surface area contributed by atoms with Gasteiger partial charge in [0, 0.05) is 42.3 Å². The summed E-state index contributed by atoms with van der Waals surface area (Å²) in [5.41, 5.74) is 1.88. The number of hydrogen-bond acceptors (Lipinski definition) is 3. The van der Waals surface area contributed by atoms with Crippen molar-refractivity contribution in [2.45, 2.75) is 38.5 Å². The van der Waals surface area contributed by atoms with Gasteiger partial charge < -0.3 is 9.88 Å². The third-order valence-electron chi connectivity index (χ3n) is 6.18. The molecule has 4 rings (SSSR count). The molecule has 0 spiro atoms. The van der Waals surface area contributed by atoms with Crippen LogP contribution >= 0.6 is 0 Å². The van der Waals surface area contributed by atoms with Crippen LogP contribution in [0.1, 0.15) is 48.9 Å². The number of ketones is 1. The van der Waals surface area contributed by atoms with Gasteiger partial charge in [0.05, 0.1) is 6.54 Å². The largest absolute Gasteiger partial charge is 0.360 e. The highest BCUT2D eigenvalue weighted by molar-refractivity contribution is 6.08. The minimum Gasteiger partial charge on any atom is -0.360 e. The van der Waals surface area contributed by atoms with Crippen molar-refractivity contribution >= 4 is 16.7 Å². The smallest absolute Gasteiger partial charge is 0.178 e. The van der Waals surface area contributed by atoms with Crippen LogP contribution in [0.4, 0.5) is 0 Å². The molecule has 1 aliphatic carbocycles. The van der Waals surface area contributed by atoms with E-state index < -0.39 is 0 Å². The second kappa shape index (κ2) is 8.36. The van der Waals surface area contributed by atoms with Gasteiger partial charge in [0.1, 0.15) is 0 Å². The minimum absolute atomic E-state index is 0.239. The lowest BCUT2D eigenvalue weighted by Crippen LogP contribution is -2.36. The molecule has 26 heavy (non-hydrogen) atoms. The van der Waals surface area contributed by atoms with E-state index in [1.807, 2.05) is 30.5 Å². The van der Waals surface area contributed by atoms with Crippen molar-refractivity contribution < 1.29 is 4.79 Å². The number of carbonyl (C=O) groups excluding carboxylic acids is 1. The van der Waals surface area contributed by atoms with Gasteiger partial charge in [-0.25, -0.2) is 0 Å². The summed E-state index contributed by atoms with van der Waals surface area (Å²) in [5.74, 6) is 1.14. The molecule has 2 heterocycles. The lowest BCUT2D eigenvalue weighted by atomic mass is 9.89. The lowest BCUT2D eigenvalue weighted by molar-refractivity contribution is 0.0933. The molecule has 1 saturated heterocycles. The van der Waals surface area contributed by atoms with E-state index in [2.05, 4.69) is 14.8 Å². The van der Waals surface area contributed by atoms with E-state index in [-0.39, 0.29) is 5.78 Å². The molecule has 1 saturated carbocycles. The number of benzene rings is 1. The second-order valence-electron chi connectivity index (χ2n) is 8.11. The highest BCUT2D eigenvalue weighted by Gasteiger charge is 2.22. The molecule has 1 N–H and O–H groups in total. The maximum atomic E-state index is 12.8. The number of fused-ring (bicyclic) bond motifs is 1. The van der Waals surface area contributed by atoms with Gasteiger partial charge in [-0.2, -0.15) is 0 Å². The second-order valence-corrected chi connectivity index (χ2v) is 8.11. The number of para-hydroxylation sites is 1. The van der Waals surface area contributed by atoms with Crippen LogP contribution in [0.3, 0.4) is 0 Å². The van der Waals surface area contributed by atoms with Crippen LogP contribution in [-0.4, -0.2) is 59.8 Å². The van der Waals surface area contributed by atoms with Crippen LogP contribution in [0, 0.1) is 5.92 Å². The molecule has 1 aromatic heterocycles. The predicted molar refractivity (Wildman–Crippen MR) is 107 cm³/mol. The molecular formula is C22H31N3O. The summed E-state index contributed by atoms with van der Waals surface area (Å²) >= 11 is 0. The Kier molecular flexibility index (Phi) is 5.71. The maximum absolute atomic E-state index is 12.8. The Labute approximate surface area is 156 Å². The summed E-state index contributed by atoms with van der Waals surface area (Å²) in [5, 5.41) is 1.05. The first-order valence-corrected chi connectivity index (χ1v) is 10.3. The molecular weight excluding hydrogens is 322 g/mol. The lowest BCUT2D eigenvalue weighted by Gasteiger charge is -2.28. The van der Waals surface area contributed by atoms with E-state index in [9.17, 15) is 4.79 Å². The van der Waals surface area contributed by atoms with Crippen LogP contribution in [0.5, 0.6) is 0 Å². The first-order valence-electron chi connectivity index (χ1n) is 10.3. The van der Waals surface area contributed by atoms with E-state index in [1.165, 1.54) is 51.6 Å². The standard InChI is InChI=1S/C22H31N3O/c26-22(20-15-23-21-10-5-4-9-19(20)21)17-25-12-6-11-24(13-14-25)16-18-7-2-1-3-8-18/h4-5,9-10,15,18,23H,1-3,6-8,11-14,16-17H2. The average Bonchev–Trinajstić information content (AvgIpc) is 2.99. The van der Waals surface area contributed by atoms with Crippen LogP contribution in [0.15, 0.2) is 30.5 Å². The Hall–Kier alpha value is -1.65. The quantitative estimate of drug-likeness (QED) is 0.828. The van der Waals surface area contributed by atoms with Gasteiger partial charge in [-0.15, -0.1) is 0 Å². The van der Waals surface area contributed by atoms with Crippen LogP contribution in [0.25, 0.3) is 10.9 Å². The molecule has 2 fully saturated rings. The Morgan fingerprint density at radius 3 is 2.62 bits per heavy atom. The highest BCUT2D eigenvalue weighted by atomic mass is 16.1. The van der Waals surface area contributed by atoms with Gasteiger partial charge in [0.2, 0.25) is 0 Å². The van der Waals surface area contributed by atoms with Gasteiger partial charge >= 0.3 is 0 Å². The molecule has 140 valence electrons. The number of rotatable bonds is 5. The SMILES string of the molecule is O=C(CN1CCCN(CC2CCCCC2)CC1)c1c[nH]c2ccccc12. The first kappa shape index (κ1) is 17.7. The predicted octanol–water partition coefficient (Wildman–Crippen LogP) is 3.94. The van der Waals surface area contributed by atoms with Gasteiger partial charge in [-0.3, -0.25) is 9.69 Å². The fraction of sp³-hybridized carbons (Fsp3) is 0.591. The molecule has 0 radical (unpaired) electrons. The van der Waals surface area contributed by atoms with Crippen molar-refractivity contribution in [3.8, 4) is 0 Å². The number of aromatic amines is 1. The van der Waals surface area contributed by atoms with E-state index in [4.69, 9.17) is 0 Å². The topological polar surface area (TPSA) is 39.3 Å². The van der Waals surface area contributed by atoms with Crippen molar-refractivity contribution in [3.05, 3.63) is 36.0 Å². The van der Waals surface area contributed by atoms with E-state index in [0.29, 0.717) is 6.54 Å². The van der Waals surface area contributed by atoms with Crippen molar-refractivity contribution in [3.63, 3.8) is 0 Å². The number of H-pyrrole nitrogens is 1. The molecule has 0 bridgehead atoms. The number of nitrogens with zero attached hydrogens (tertiary/aromatic N) is 2. The fourth-order valence-electron chi connectivity index (χ4n) is 4.69. The van der Waals surface area contributed by atoms with Crippen molar-refractivity contribution in [1.29, 1.82) is 0 Å². The van der Waals surface area contributed by atoms with E-state index in [1.54, 1.807) is 0 Å². The normalized spacial score (nSPS) is 21.1. The third kappa shape index (κ3) is 4.18. The zero-order chi connectivity index (χ0) is 17.8. The third-order valence-corrected chi connectivity index (χ3v) is 6.18. The summed E-state index contributed by atoms with van der Waals surface area (Å²) in [4.78, 5) is 21.0. The maximum Gasteiger partial charge on any atom is 0.178 e. The number of hydrogen-bond donors (Lipinski definition) is 1. The Morgan fingerprint density at radius 1 is 0.962 bits per heavy atom. The zero-order valence-electron chi connectivity index (χ0n) is 15.8. The number of nitrogens with one attached hydrogen (secondary N) is 1. The van der Waals surface area contributed by atoms with Crippen LogP contribution in [0.2, 0.25) is 0 Å². The number of aromatic nitrogens is 1. The molecule has 2 aliphatic rings. The molecule has 4 heteroatoms. The monoisotopic (exact) mass is 353 g/mol. The van der Waals surface area contributed by atoms with E-state index >= 15 is 0 Å². The van der Waals surface area contributed by atoms with Crippen LogP contribution < -0.4 is 0 Å².